The van der Waals surface area contributed by atoms with E-state index in [0.717, 1.165) is 6.42 Å². The Morgan fingerprint density at radius 1 is 1.39 bits per heavy atom. The highest BCUT2D eigenvalue weighted by molar-refractivity contribution is 7.89. The molecule has 0 aliphatic carbocycles. The van der Waals surface area contributed by atoms with Gasteiger partial charge in [-0.2, -0.15) is 4.31 Å². The van der Waals surface area contributed by atoms with Crippen molar-refractivity contribution in [2.75, 3.05) is 27.0 Å². The Kier molecular flexibility index (Phi) is 3.89. The Bertz CT molecular complexity index is 521. The lowest BCUT2D eigenvalue weighted by Crippen LogP contribution is -2.38. The number of rotatable bonds is 3. The SMILES string of the molecule is COc1ccc(S(=O)(=O)N2CCCOC2)c(C)c1. The molecule has 1 heterocycles. The fraction of sp³-hybridized carbons (Fsp3) is 0.500. The van der Waals surface area contributed by atoms with Gasteiger partial charge in [0.05, 0.1) is 12.0 Å². The molecule has 0 amide bonds. The van der Waals surface area contributed by atoms with E-state index in [-0.39, 0.29) is 6.73 Å². The molecule has 0 N–H and O–H groups in total. The third-order valence-corrected chi connectivity index (χ3v) is 4.91. The van der Waals surface area contributed by atoms with Gasteiger partial charge in [0.25, 0.3) is 0 Å². The molecule has 0 radical (unpaired) electrons. The Morgan fingerprint density at radius 3 is 2.72 bits per heavy atom. The van der Waals surface area contributed by atoms with E-state index in [0.29, 0.717) is 29.4 Å². The summed E-state index contributed by atoms with van der Waals surface area (Å²) in [6, 6.07) is 4.96. The Balaban J connectivity index is 2.34. The van der Waals surface area contributed by atoms with Crippen LogP contribution < -0.4 is 4.74 Å². The predicted molar refractivity (Wildman–Crippen MR) is 67.1 cm³/mol. The average molecular weight is 271 g/mol. The van der Waals surface area contributed by atoms with E-state index in [2.05, 4.69) is 0 Å². The van der Waals surface area contributed by atoms with Crippen molar-refractivity contribution in [1.29, 1.82) is 0 Å². The van der Waals surface area contributed by atoms with Gasteiger partial charge in [0, 0.05) is 13.2 Å². The van der Waals surface area contributed by atoms with Crippen molar-refractivity contribution < 1.29 is 17.9 Å². The van der Waals surface area contributed by atoms with Gasteiger partial charge >= 0.3 is 0 Å². The first-order valence-corrected chi connectivity index (χ1v) is 7.22. The summed E-state index contributed by atoms with van der Waals surface area (Å²) in [4.78, 5) is 0.314. The molecule has 1 aromatic rings. The topological polar surface area (TPSA) is 55.8 Å². The zero-order valence-electron chi connectivity index (χ0n) is 10.5. The van der Waals surface area contributed by atoms with E-state index < -0.39 is 10.0 Å². The van der Waals surface area contributed by atoms with Crippen LogP contribution in [0.1, 0.15) is 12.0 Å². The second kappa shape index (κ2) is 5.26. The maximum absolute atomic E-state index is 12.4. The van der Waals surface area contributed by atoms with Crippen molar-refractivity contribution in [1.82, 2.24) is 4.31 Å². The molecule has 100 valence electrons. The fourth-order valence-electron chi connectivity index (χ4n) is 1.94. The first-order chi connectivity index (χ1) is 8.55. The average Bonchev–Trinajstić information content (AvgIpc) is 2.39. The first-order valence-electron chi connectivity index (χ1n) is 5.78. The van der Waals surface area contributed by atoms with Crippen LogP contribution in [-0.4, -0.2) is 39.7 Å². The summed E-state index contributed by atoms with van der Waals surface area (Å²) in [5.74, 6) is 0.654. The van der Waals surface area contributed by atoms with Crippen LogP contribution in [0.5, 0.6) is 5.75 Å². The maximum atomic E-state index is 12.4. The number of hydrogen-bond donors (Lipinski definition) is 0. The Labute approximate surface area is 107 Å². The van der Waals surface area contributed by atoms with Crippen LogP contribution >= 0.6 is 0 Å². The van der Waals surface area contributed by atoms with Crippen molar-refractivity contribution in [3.05, 3.63) is 23.8 Å². The monoisotopic (exact) mass is 271 g/mol. The molecular weight excluding hydrogens is 254 g/mol. The van der Waals surface area contributed by atoms with Gasteiger partial charge in [-0.1, -0.05) is 0 Å². The number of sulfonamides is 1. The number of methoxy groups -OCH3 is 1. The molecule has 0 aromatic heterocycles. The third-order valence-electron chi connectivity index (χ3n) is 2.93. The lowest BCUT2D eigenvalue weighted by molar-refractivity contribution is 0.0313. The zero-order chi connectivity index (χ0) is 13.2. The molecule has 1 aliphatic rings. The quantitative estimate of drug-likeness (QED) is 0.833. The van der Waals surface area contributed by atoms with Gasteiger partial charge in [-0.3, -0.25) is 0 Å². The van der Waals surface area contributed by atoms with E-state index in [9.17, 15) is 8.42 Å². The molecule has 0 atom stereocenters. The molecular formula is C12H17NO4S. The van der Waals surface area contributed by atoms with Gasteiger partial charge in [0.15, 0.2) is 0 Å². The largest absolute Gasteiger partial charge is 0.497 e. The highest BCUT2D eigenvalue weighted by Crippen LogP contribution is 2.24. The minimum atomic E-state index is -3.46. The van der Waals surface area contributed by atoms with Crippen LogP contribution in [0.4, 0.5) is 0 Å². The molecule has 18 heavy (non-hydrogen) atoms. The number of hydrogen-bond acceptors (Lipinski definition) is 4. The first kappa shape index (κ1) is 13.3. The Hall–Kier alpha value is -1.11. The highest BCUT2D eigenvalue weighted by Gasteiger charge is 2.27. The van der Waals surface area contributed by atoms with E-state index >= 15 is 0 Å². The molecule has 2 rings (SSSR count). The summed E-state index contributed by atoms with van der Waals surface area (Å²) in [5, 5.41) is 0. The van der Waals surface area contributed by atoms with Crippen molar-refractivity contribution in [2.45, 2.75) is 18.2 Å². The third kappa shape index (κ3) is 2.50. The van der Waals surface area contributed by atoms with Crippen molar-refractivity contribution in [3.8, 4) is 5.75 Å². The van der Waals surface area contributed by atoms with Crippen molar-refractivity contribution >= 4 is 10.0 Å². The van der Waals surface area contributed by atoms with Crippen molar-refractivity contribution in [3.63, 3.8) is 0 Å². The van der Waals surface area contributed by atoms with E-state index in [1.54, 1.807) is 32.2 Å². The standard InChI is InChI=1S/C12H17NO4S/c1-10-8-11(16-2)4-5-12(10)18(14,15)13-6-3-7-17-9-13/h4-5,8H,3,6-7,9H2,1-2H3. The number of benzene rings is 1. The number of nitrogens with zero attached hydrogens (tertiary/aromatic N) is 1. The summed E-state index contributed by atoms with van der Waals surface area (Å²) in [5.41, 5.74) is 0.680. The zero-order valence-corrected chi connectivity index (χ0v) is 11.4. The Morgan fingerprint density at radius 2 is 2.17 bits per heavy atom. The van der Waals surface area contributed by atoms with E-state index in [1.807, 2.05) is 0 Å². The second-order valence-electron chi connectivity index (χ2n) is 4.20. The van der Waals surface area contributed by atoms with Gasteiger partial charge in [-0.15, -0.1) is 0 Å². The van der Waals surface area contributed by atoms with Gasteiger partial charge < -0.3 is 9.47 Å². The second-order valence-corrected chi connectivity index (χ2v) is 6.11. The minimum absolute atomic E-state index is 0.133. The van der Waals surface area contributed by atoms with Gasteiger partial charge in [0.1, 0.15) is 12.5 Å². The van der Waals surface area contributed by atoms with Crippen LogP contribution in [0.2, 0.25) is 0 Å². The maximum Gasteiger partial charge on any atom is 0.245 e. The molecule has 1 aromatic carbocycles. The molecule has 1 aliphatic heterocycles. The lowest BCUT2D eigenvalue weighted by atomic mass is 10.2. The molecule has 6 heteroatoms. The number of aryl methyl sites for hydroxylation is 1. The normalized spacial score (nSPS) is 17.7. The molecule has 1 fully saturated rings. The molecule has 5 nitrogen and oxygen atoms in total. The molecule has 1 saturated heterocycles. The summed E-state index contributed by atoms with van der Waals surface area (Å²) in [6.07, 6.45) is 0.731. The van der Waals surface area contributed by atoms with Gasteiger partial charge in [0.2, 0.25) is 10.0 Å². The summed E-state index contributed by atoms with van der Waals surface area (Å²) in [7, 11) is -1.91. The molecule has 0 saturated carbocycles. The van der Waals surface area contributed by atoms with Crippen molar-refractivity contribution in [2.24, 2.45) is 0 Å². The van der Waals surface area contributed by atoms with Crippen LogP contribution in [0.15, 0.2) is 23.1 Å². The lowest BCUT2D eigenvalue weighted by Gasteiger charge is -2.26. The highest BCUT2D eigenvalue weighted by atomic mass is 32.2. The predicted octanol–water partition coefficient (Wildman–Crippen LogP) is 1.37. The molecule has 0 unspecified atom stereocenters. The summed E-state index contributed by atoms with van der Waals surface area (Å²) in [6.45, 7) is 3.02. The fourth-order valence-corrected chi connectivity index (χ4v) is 3.51. The van der Waals surface area contributed by atoms with Gasteiger partial charge in [-0.05, 0) is 37.1 Å². The van der Waals surface area contributed by atoms with Crippen LogP contribution in [-0.2, 0) is 14.8 Å². The van der Waals surface area contributed by atoms with Crippen LogP contribution in [0.25, 0.3) is 0 Å². The summed E-state index contributed by atoms with van der Waals surface area (Å²) >= 11 is 0. The van der Waals surface area contributed by atoms with Crippen LogP contribution in [0.3, 0.4) is 0 Å². The van der Waals surface area contributed by atoms with Crippen LogP contribution in [0, 0.1) is 6.92 Å². The molecule has 0 spiro atoms. The smallest absolute Gasteiger partial charge is 0.245 e. The minimum Gasteiger partial charge on any atom is -0.497 e. The summed E-state index contributed by atoms with van der Waals surface area (Å²) < 4.78 is 36.5. The van der Waals surface area contributed by atoms with Gasteiger partial charge in [-0.25, -0.2) is 8.42 Å². The van der Waals surface area contributed by atoms with E-state index in [4.69, 9.17) is 9.47 Å². The molecule has 0 bridgehead atoms. The van der Waals surface area contributed by atoms with E-state index in [1.165, 1.54) is 4.31 Å². The number of ether oxygens (including phenoxy) is 2.